The third-order valence-corrected chi connectivity index (χ3v) is 3.88. The number of hydrogen-bond donors (Lipinski definition) is 4. The number of anilines is 1. The Bertz CT molecular complexity index is 821. The van der Waals surface area contributed by atoms with E-state index in [0.29, 0.717) is 5.39 Å². The smallest absolute Gasteiger partial charge is 0.330 e. The van der Waals surface area contributed by atoms with Gasteiger partial charge in [0.15, 0.2) is 11.9 Å². The van der Waals surface area contributed by atoms with E-state index >= 15 is 0 Å². The Morgan fingerprint density at radius 1 is 1.44 bits per heavy atom. The number of ether oxygens (including phenoxy) is 2. The summed E-state index contributed by atoms with van der Waals surface area (Å²) >= 11 is 0. The molecular formula is C14H17N5O6. The molecule has 0 unspecified atom stereocenters. The van der Waals surface area contributed by atoms with Crippen molar-refractivity contribution >= 4 is 28.9 Å². The highest BCUT2D eigenvalue weighted by Gasteiger charge is 2.44. The van der Waals surface area contributed by atoms with Gasteiger partial charge in [-0.25, -0.2) is 19.4 Å². The molecule has 0 aromatic carbocycles. The Hall–Kier alpha value is -2.60. The minimum Gasteiger partial charge on any atom is -0.466 e. The van der Waals surface area contributed by atoms with E-state index in [2.05, 4.69) is 19.8 Å². The molecule has 5 N–H and O–H groups in total. The summed E-state index contributed by atoms with van der Waals surface area (Å²) < 4.78 is 11.2. The normalized spacial score (nSPS) is 26.6. The lowest BCUT2D eigenvalue weighted by Gasteiger charge is -2.15. The van der Waals surface area contributed by atoms with Crippen LogP contribution in [0.4, 0.5) is 5.82 Å². The molecule has 1 fully saturated rings. The molecule has 1 saturated heterocycles. The highest BCUT2D eigenvalue weighted by Crippen LogP contribution is 2.33. The largest absolute Gasteiger partial charge is 0.466 e. The molecule has 0 bridgehead atoms. The molecule has 134 valence electrons. The van der Waals surface area contributed by atoms with Gasteiger partial charge in [-0.3, -0.25) is 0 Å². The van der Waals surface area contributed by atoms with E-state index in [0.717, 1.165) is 6.08 Å². The summed E-state index contributed by atoms with van der Waals surface area (Å²) in [5.41, 5.74) is 6.38. The Morgan fingerprint density at radius 3 is 2.84 bits per heavy atom. The van der Waals surface area contributed by atoms with Gasteiger partial charge in [-0.05, 0) is 6.08 Å². The number of aliphatic hydroxyl groups is 3. The van der Waals surface area contributed by atoms with Crippen molar-refractivity contribution < 1.29 is 29.6 Å². The van der Waals surface area contributed by atoms with Gasteiger partial charge in [-0.15, -0.1) is 0 Å². The van der Waals surface area contributed by atoms with Crippen molar-refractivity contribution in [2.24, 2.45) is 0 Å². The van der Waals surface area contributed by atoms with Crippen LogP contribution >= 0.6 is 0 Å². The third kappa shape index (κ3) is 2.93. The predicted octanol–water partition coefficient (Wildman–Crippen LogP) is -1.79. The molecule has 2 aromatic rings. The first-order valence-electron chi connectivity index (χ1n) is 7.35. The number of methoxy groups -OCH3 is 1. The average molecular weight is 351 g/mol. The van der Waals surface area contributed by atoms with Crippen molar-refractivity contribution in [2.45, 2.75) is 24.5 Å². The van der Waals surface area contributed by atoms with Crippen LogP contribution in [0.15, 0.2) is 12.4 Å². The van der Waals surface area contributed by atoms with Crippen LogP contribution in [0.2, 0.25) is 0 Å². The SMILES string of the molecule is COC(=O)C=Cc1nn([C@@H]2O[C@H](CO)[C@@H](O)[C@H]2O)c2ncnc(N)c12. The fourth-order valence-electron chi connectivity index (χ4n) is 2.61. The zero-order chi connectivity index (χ0) is 18.1. The van der Waals surface area contributed by atoms with Crippen LogP contribution in [0.3, 0.4) is 0 Å². The standard InChI is InChI=1S/C14H17N5O6/c1-24-8(21)3-2-6-9-12(15)16-5-17-13(9)19(18-6)14-11(23)10(22)7(4-20)25-14/h2-3,5,7,10-11,14,20,22-23H,4H2,1H3,(H2,15,16,17)/t7-,10-,11-,14-/m1/s1. The Labute approximate surface area is 141 Å². The summed E-state index contributed by atoms with van der Waals surface area (Å²) in [6, 6.07) is 0. The van der Waals surface area contributed by atoms with Gasteiger partial charge in [0, 0.05) is 6.08 Å². The second kappa shape index (κ2) is 6.72. The van der Waals surface area contributed by atoms with Crippen molar-refractivity contribution in [1.29, 1.82) is 0 Å². The van der Waals surface area contributed by atoms with Crippen LogP contribution in [0.5, 0.6) is 0 Å². The van der Waals surface area contributed by atoms with Gasteiger partial charge in [-0.1, -0.05) is 0 Å². The van der Waals surface area contributed by atoms with E-state index in [1.807, 2.05) is 0 Å². The molecule has 0 saturated carbocycles. The van der Waals surface area contributed by atoms with Crippen LogP contribution in [-0.4, -0.2) is 73.1 Å². The maximum atomic E-state index is 11.3. The minimum atomic E-state index is -1.34. The number of nitrogens with two attached hydrogens (primary N) is 1. The van der Waals surface area contributed by atoms with E-state index in [9.17, 15) is 20.1 Å². The molecule has 0 amide bonds. The fourth-order valence-corrected chi connectivity index (χ4v) is 2.61. The average Bonchev–Trinajstić information content (AvgIpc) is 3.12. The van der Waals surface area contributed by atoms with E-state index in [1.165, 1.54) is 24.2 Å². The maximum absolute atomic E-state index is 11.3. The Kier molecular flexibility index (Phi) is 4.63. The fraction of sp³-hybridized carbons (Fsp3) is 0.429. The zero-order valence-corrected chi connectivity index (χ0v) is 13.2. The zero-order valence-electron chi connectivity index (χ0n) is 13.2. The minimum absolute atomic E-state index is 0.118. The number of hydrogen-bond acceptors (Lipinski definition) is 10. The summed E-state index contributed by atoms with van der Waals surface area (Å²) in [4.78, 5) is 19.3. The number of nitrogens with zero attached hydrogens (tertiary/aromatic N) is 4. The van der Waals surface area contributed by atoms with Gasteiger partial charge in [0.2, 0.25) is 0 Å². The highest BCUT2D eigenvalue weighted by atomic mass is 16.6. The molecule has 1 aliphatic heterocycles. The molecule has 0 spiro atoms. The number of esters is 1. The molecular weight excluding hydrogens is 334 g/mol. The van der Waals surface area contributed by atoms with Crippen LogP contribution in [0, 0.1) is 0 Å². The van der Waals surface area contributed by atoms with Crippen molar-refractivity contribution in [1.82, 2.24) is 19.7 Å². The quantitative estimate of drug-likeness (QED) is 0.365. The third-order valence-electron chi connectivity index (χ3n) is 3.88. The van der Waals surface area contributed by atoms with Crippen LogP contribution in [0.25, 0.3) is 17.1 Å². The highest BCUT2D eigenvalue weighted by molar-refractivity contribution is 5.96. The monoisotopic (exact) mass is 351 g/mol. The van der Waals surface area contributed by atoms with Crippen LogP contribution < -0.4 is 5.73 Å². The number of aromatic nitrogens is 4. The lowest BCUT2D eigenvalue weighted by molar-refractivity contribution is -0.134. The number of nitrogen functional groups attached to an aromatic ring is 1. The molecule has 3 heterocycles. The predicted molar refractivity (Wildman–Crippen MR) is 83.8 cm³/mol. The summed E-state index contributed by atoms with van der Waals surface area (Å²) in [7, 11) is 1.24. The van der Waals surface area contributed by atoms with Gasteiger partial charge >= 0.3 is 5.97 Å². The molecule has 11 heteroatoms. The molecule has 2 aromatic heterocycles. The summed E-state index contributed by atoms with van der Waals surface area (Å²) in [5.74, 6) is -0.474. The van der Waals surface area contributed by atoms with Crippen molar-refractivity contribution in [3.05, 3.63) is 18.1 Å². The lowest BCUT2D eigenvalue weighted by Crippen LogP contribution is -2.33. The second-order valence-electron chi connectivity index (χ2n) is 5.37. The molecule has 3 rings (SSSR count). The summed E-state index contributed by atoms with van der Waals surface area (Å²) in [6.45, 7) is -0.472. The van der Waals surface area contributed by atoms with Crippen LogP contribution in [-0.2, 0) is 14.3 Å². The maximum Gasteiger partial charge on any atom is 0.330 e. The van der Waals surface area contributed by atoms with Gasteiger partial charge < -0.3 is 30.5 Å². The molecule has 1 aliphatic rings. The Balaban J connectivity index is 2.09. The number of fused-ring (bicyclic) bond motifs is 1. The topological polar surface area (TPSA) is 166 Å². The van der Waals surface area contributed by atoms with Gasteiger partial charge in [-0.2, -0.15) is 5.10 Å². The second-order valence-corrected chi connectivity index (χ2v) is 5.37. The first kappa shape index (κ1) is 17.2. The molecule has 11 nitrogen and oxygen atoms in total. The molecule has 4 atom stereocenters. The number of carbonyl (C=O) groups excluding carboxylic acids is 1. The van der Waals surface area contributed by atoms with Crippen molar-refractivity contribution in [2.75, 3.05) is 19.5 Å². The van der Waals surface area contributed by atoms with Crippen molar-refractivity contribution in [3.8, 4) is 0 Å². The number of rotatable bonds is 4. The van der Waals surface area contributed by atoms with Crippen molar-refractivity contribution in [3.63, 3.8) is 0 Å². The Morgan fingerprint density at radius 2 is 2.20 bits per heavy atom. The number of aliphatic hydroxyl groups excluding tert-OH is 3. The molecule has 0 aliphatic carbocycles. The summed E-state index contributed by atoms with van der Waals surface area (Å²) in [5, 5.41) is 33.9. The van der Waals surface area contributed by atoms with E-state index < -0.39 is 37.1 Å². The first-order chi connectivity index (χ1) is 12.0. The summed E-state index contributed by atoms with van der Waals surface area (Å²) in [6.07, 6.45) is -0.958. The van der Waals surface area contributed by atoms with Gasteiger partial charge in [0.05, 0.1) is 24.8 Å². The first-order valence-corrected chi connectivity index (χ1v) is 7.35. The van der Waals surface area contributed by atoms with E-state index in [-0.39, 0.29) is 17.2 Å². The lowest BCUT2D eigenvalue weighted by atomic mass is 10.1. The van der Waals surface area contributed by atoms with Gasteiger partial charge in [0.1, 0.15) is 30.5 Å². The van der Waals surface area contributed by atoms with E-state index in [4.69, 9.17) is 10.5 Å². The van der Waals surface area contributed by atoms with Crippen LogP contribution in [0.1, 0.15) is 11.9 Å². The molecule has 0 radical (unpaired) electrons. The van der Waals surface area contributed by atoms with E-state index in [1.54, 1.807) is 0 Å². The van der Waals surface area contributed by atoms with Gasteiger partial charge in [0.25, 0.3) is 0 Å². The molecule has 25 heavy (non-hydrogen) atoms. The number of carbonyl (C=O) groups is 1.